The predicted molar refractivity (Wildman–Crippen MR) is 71.2 cm³/mol. The summed E-state index contributed by atoms with van der Waals surface area (Å²) in [4.78, 5) is 0. The highest BCUT2D eigenvalue weighted by Gasteiger charge is 2.13. The third kappa shape index (κ3) is 3.46. The van der Waals surface area contributed by atoms with Gasteiger partial charge in [0, 0.05) is 0 Å². The van der Waals surface area contributed by atoms with E-state index in [0.717, 1.165) is 14.2 Å². The van der Waals surface area contributed by atoms with Crippen LogP contribution in [0.5, 0.6) is 0 Å². The van der Waals surface area contributed by atoms with E-state index in [2.05, 4.69) is 30.3 Å². The quantitative estimate of drug-likeness (QED) is 0.513. The first-order valence-corrected chi connectivity index (χ1v) is 6.34. The van der Waals surface area contributed by atoms with Crippen LogP contribution in [0.2, 0.25) is 0 Å². The summed E-state index contributed by atoms with van der Waals surface area (Å²) in [5, 5.41) is 1.55. The van der Waals surface area contributed by atoms with E-state index in [1.165, 1.54) is 32.1 Å². The molecule has 1 atom stereocenters. The Balaban J connectivity index is 0.000000980. The molecule has 0 aliphatic heterocycles. The third-order valence-electron chi connectivity index (χ3n) is 2.75. The number of rotatable bonds is 2. The first kappa shape index (κ1) is 11.8. The van der Waals surface area contributed by atoms with Gasteiger partial charge in [-0.1, -0.05) is 58.2 Å². The highest BCUT2D eigenvalue weighted by atomic mass is 31.1. The topological polar surface area (TPSA) is 0 Å². The van der Waals surface area contributed by atoms with E-state index in [0.29, 0.717) is 0 Å². The Labute approximate surface area is 90.9 Å². The molecule has 76 valence electrons. The zero-order chi connectivity index (χ0) is 8.93. The van der Waals surface area contributed by atoms with Gasteiger partial charge in [0.15, 0.2) is 0 Å². The van der Waals surface area contributed by atoms with Gasteiger partial charge in [-0.05, 0) is 23.8 Å². The van der Waals surface area contributed by atoms with Crippen molar-refractivity contribution in [2.75, 3.05) is 0 Å². The van der Waals surface area contributed by atoms with E-state index in [4.69, 9.17) is 0 Å². The van der Waals surface area contributed by atoms with Crippen molar-refractivity contribution in [3.63, 3.8) is 0 Å². The molecular weight excluding hydrogens is 186 g/mol. The summed E-state index contributed by atoms with van der Waals surface area (Å²) in [6.07, 6.45) is 7.32. The van der Waals surface area contributed by atoms with Crippen LogP contribution in [0.25, 0.3) is 0 Å². The number of hydrogen-bond acceptors (Lipinski definition) is 0. The summed E-state index contributed by atoms with van der Waals surface area (Å²) in [7, 11) is 1.05. The van der Waals surface area contributed by atoms with Crippen LogP contribution in [0.1, 0.15) is 32.1 Å². The first-order valence-electron chi connectivity index (χ1n) is 5.27. The smallest absolute Gasteiger partial charge is 0.0814 e. The molecular formula is C12H20BP. The van der Waals surface area contributed by atoms with Crippen molar-refractivity contribution >= 4 is 22.3 Å². The van der Waals surface area contributed by atoms with Crippen molar-refractivity contribution in [1.82, 2.24) is 0 Å². The fourth-order valence-electron chi connectivity index (χ4n) is 2.02. The van der Waals surface area contributed by atoms with Crippen molar-refractivity contribution in [2.45, 2.75) is 37.8 Å². The molecule has 1 aliphatic carbocycles. The molecule has 1 aromatic rings. The second kappa shape index (κ2) is 6.25. The molecule has 0 amide bonds. The van der Waals surface area contributed by atoms with Crippen molar-refractivity contribution < 1.29 is 0 Å². The van der Waals surface area contributed by atoms with Crippen molar-refractivity contribution in [3.8, 4) is 0 Å². The summed E-state index contributed by atoms with van der Waals surface area (Å²) in [6, 6.07) is 11.0. The number of benzene rings is 1. The fraction of sp³-hybridized carbons (Fsp3) is 0.500. The van der Waals surface area contributed by atoms with E-state index in [-0.39, 0.29) is 8.41 Å². The SMILES string of the molecule is B.c1ccc(PC2CCCCC2)cc1. The molecule has 1 saturated carbocycles. The lowest BCUT2D eigenvalue weighted by Crippen LogP contribution is -2.10. The normalized spacial score (nSPS) is 18.3. The maximum Gasteiger partial charge on any atom is 0.0814 e. The van der Waals surface area contributed by atoms with E-state index < -0.39 is 0 Å². The van der Waals surface area contributed by atoms with E-state index in [9.17, 15) is 0 Å². The monoisotopic (exact) mass is 206 g/mol. The molecule has 14 heavy (non-hydrogen) atoms. The molecule has 1 aliphatic rings. The largest absolute Gasteiger partial charge is 0.0872 e. The highest BCUT2D eigenvalue weighted by molar-refractivity contribution is 7.48. The van der Waals surface area contributed by atoms with Gasteiger partial charge in [0.1, 0.15) is 0 Å². The average molecular weight is 206 g/mol. The summed E-state index contributed by atoms with van der Waals surface area (Å²) in [5.74, 6) is 0. The minimum Gasteiger partial charge on any atom is -0.0872 e. The average Bonchev–Trinajstić information content (AvgIpc) is 2.21. The molecule has 1 aromatic carbocycles. The number of hydrogen-bond donors (Lipinski definition) is 0. The summed E-state index contributed by atoms with van der Waals surface area (Å²) in [6.45, 7) is 0. The molecule has 0 spiro atoms. The van der Waals surface area contributed by atoms with E-state index >= 15 is 0 Å². The lowest BCUT2D eigenvalue weighted by atomic mass is 10.0. The molecule has 2 heteroatoms. The van der Waals surface area contributed by atoms with Gasteiger partial charge in [-0.2, -0.15) is 0 Å². The van der Waals surface area contributed by atoms with Gasteiger partial charge in [0.25, 0.3) is 0 Å². The second-order valence-electron chi connectivity index (χ2n) is 3.85. The Bertz CT molecular complexity index is 242. The lowest BCUT2D eigenvalue weighted by Gasteiger charge is -2.21. The van der Waals surface area contributed by atoms with E-state index in [1.54, 1.807) is 5.30 Å². The van der Waals surface area contributed by atoms with Crippen LogP contribution in [0.4, 0.5) is 0 Å². The molecule has 2 rings (SSSR count). The highest BCUT2D eigenvalue weighted by Crippen LogP contribution is 2.31. The van der Waals surface area contributed by atoms with Crippen LogP contribution in [-0.2, 0) is 0 Å². The van der Waals surface area contributed by atoms with Crippen LogP contribution in [0, 0.1) is 0 Å². The van der Waals surface area contributed by atoms with Crippen LogP contribution in [0.15, 0.2) is 30.3 Å². The molecule has 0 nitrogen and oxygen atoms in total. The third-order valence-corrected chi connectivity index (χ3v) is 4.40. The maximum absolute atomic E-state index is 2.27. The molecule has 0 N–H and O–H groups in total. The maximum atomic E-state index is 2.27. The van der Waals surface area contributed by atoms with Crippen LogP contribution < -0.4 is 5.30 Å². The Hall–Kier alpha value is -0.285. The minimum absolute atomic E-state index is 0. The van der Waals surface area contributed by atoms with Gasteiger partial charge in [0.05, 0.1) is 8.41 Å². The zero-order valence-corrected chi connectivity index (χ0v) is 9.00. The summed E-state index contributed by atoms with van der Waals surface area (Å²) < 4.78 is 0. The zero-order valence-electron chi connectivity index (χ0n) is 8.00. The van der Waals surface area contributed by atoms with Gasteiger partial charge >= 0.3 is 0 Å². The Morgan fingerprint density at radius 2 is 1.57 bits per heavy atom. The Kier molecular flexibility index (Phi) is 5.26. The Morgan fingerprint density at radius 3 is 2.21 bits per heavy atom. The first-order chi connectivity index (χ1) is 6.45. The van der Waals surface area contributed by atoms with Gasteiger partial charge in [-0.3, -0.25) is 0 Å². The predicted octanol–water partition coefficient (Wildman–Crippen LogP) is 2.14. The summed E-state index contributed by atoms with van der Waals surface area (Å²) in [5.41, 5.74) is 0.996. The molecule has 0 radical (unpaired) electrons. The molecule has 0 heterocycles. The van der Waals surface area contributed by atoms with Crippen molar-refractivity contribution in [3.05, 3.63) is 30.3 Å². The van der Waals surface area contributed by atoms with Crippen LogP contribution >= 0.6 is 8.58 Å². The van der Waals surface area contributed by atoms with Crippen molar-refractivity contribution in [1.29, 1.82) is 0 Å². The molecule has 0 saturated heterocycles. The van der Waals surface area contributed by atoms with Crippen LogP contribution in [-0.4, -0.2) is 14.1 Å². The lowest BCUT2D eigenvalue weighted by molar-refractivity contribution is 0.514. The second-order valence-corrected chi connectivity index (χ2v) is 5.53. The molecule has 1 unspecified atom stereocenters. The molecule has 0 bridgehead atoms. The van der Waals surface area contributed by atoms with Gasteiger partial charge in [-0.25, -0.2) is 0 Å². The van der Waals surface area contributed by atoms with E-state index in [1.807, 2.05) is 0 Å². The summed E-state index contributed by atoms with van der Waals surface area (Å²) >= 11 is 0. The standard InChI is InChI=1S/C12H17P.BH3/c1-3-7-11(8-4-1)13-12-9-5-2-6-10-12;/h1,3-4,7-8,12-13H,2,5-6,9-10H2;1H3. The van der Waals surface area contributed by atoms with Gasteiger partial charge in [-0.15, -0.1) is 0 Å². The van der Waals surface area contributed by atoms with Gasteiger partial charge < -0.3 is 0 Å². The fourth-order valence-corrected chi connectivity index (χ4v) is 3.57. The molecule has 0 aromatic heterocycles. The molecule has 1 fully saturated rings. The van der Waals surface area contributed by atoms with Gasteiger partial charge in [0.2, 0.25) is 0 Å². The Morgan fingerprint density at radius 1 is 0.929 bits per heavy atom. The minimum atomic E-state index is 0. The van der Waals surface area contributed by atoms with Crippen LogP contribution in [0.3, 0.4) is 0 Å². The van der Waals surface area contributed by atoms with Crippen molar-refractivity contribution in [2.24, 2.45) is 0 Å².